The predicted molar refractivity (Wildman–Crippen MR) is 107 cm³/mol. The molecule has 0 bridgehead atoms. The maximum atomic E-state index is 12.1. The topological polar surface area (TPSA) is 75.7 Å². The summed E-state index contributed by atoms with van der Waals surface area (Å²) in [6, 6.07) is 11.8. The summed E-state index contributed by atoms with van der Waals surface area (Å²) in [6.45, 7) is 6.15. The number of carbonyl (C=O) groups excluding carboxylic acids is 1. The highest BCUT2D eigenvalue weighted by atomic mass is 32.2. The first-order valence-electron chi connectivity index (χ1n) is 8.67. The van der Waals surface area contributed by atoms with Gasteiger partial charge in [-0.3, -0.25) is 4.79 Å². The molecule has 0 saturated heterocycles. The highest BCUT2D eigenvalue weighted by Crippen LogP contribution is 2.23. The van der Waals surface area contributed by atoms with Gasteiger partial charge in [0.2, 0.25) is 10.0 Å². The van der Waals surface area contributed by atoms with Crippen molar-refractivity contribution in [1.82, 2.24) is 4.31 Å². The lowest BCUT2D eigenvalue weighted by atomic mass is 9.98. The smallest absolute Gasteiger partial charge is 0.262 e. The van der Waals surface area contributed by atoms with Crippen LogP contribution in [0.3, 0.4) is 0 Å². The molecule has 0 aliphatic heterocycles. The van der Waals surface area contributed by atoms with Gasteiger partial charge in [-0.05, 0) is 60.4 Å². The molecule has 7 heteroatoms. The van der Waals surface area contributed by atoms with Crippen LogP contribution in [0.4, 0.5) is 5.69 Å². The lowest BCUT2D eigenvalue weighted by molar-refractivity contribution is -0.118. The fourth-order valence-corrected chi connectivity index (χ4v) is 3.55. The van der Waals surface area contributed by atoms with Gasteiger partial charge in [-0.15, -0.1) is 0 Å². The molecular formula is C20H26N2O4S. The quantitative estimate of drug-likeness (QED) is 0.786. The zero-order chi connectivity index (χ0) is 20.2. The number of nitrogens with one attached hydrogen (secondary N) is 1. The number of anilines is 1. The fraction of sp³-hybridized carbons (Fsp3) is 0.350. The zero-order valence-electron chi connectivity index (χ0n) is 16.3. The van der Waals surface area contributed by atoms with Crippen molar-refractivity contribution in [3.63, 3.8) is 0 Å². The highest BCUT2D eigenvalue weighted by Gasteiger charge is 2.16. The van der Waals surface area contributed by atoms with Crippen LogP contribution in [-0.4, -0.2) is 39.3 Å². The molecule has 0 atom stereocenters. The molecule has 2 aromatic carbocycles. The molecule has 0 aliphatic carbocycles. The van der Waals surface area contributed by atoms with E-state index in [1.807, 2.05) is 25.1 Å². The Kier molecular flexibility index (Phi) is 6.62. The van der Waals surface area contributed by atoms with Crippen LogP contribution in [0, 0.1) is 6.92 Å². The zero-order valence-corrected chi connectivity index (χ0v) is 17.1. The lowest BCUT2D eigenvalue weighted by Gasteiger charge is -2.13. The number of rotatable bonds is 7. The van der Waals surface area contributed by atoms with Crippen molar-refractivity contribution in [1.29, 1.82) is 0 Å². The molecule has 2 aromatic rings. The summed E-state index contributed by atoms with van der Waals surface area (Å²) in [7, 11) is -0.546. The molecule has 6 nitrogen and oxygen atoms in total. The Labute approximate surface area is 161 Å². The summed E-state index contributed by atoms with van der Waals surface area (Å²) in [5.41, 5.74) is 2.88. The molecule has 0 aromatic heterocycles. The van der Waals surface area contributed by atoms with Crippen LogP contribution in [0.15, 0.2) is 47.4 Å². The molecule has 0 fully saturated rings. The van der Waals surface area contributed by atoms with E-state index in [1.54, 1.807) is 12.1 Å². The summed E-state index contributed by atoms with van der Waals surface area (Å²) >= 11 is 0. The van der Waals surface area contributed by atoms with Gasteiger partial charge in [0.15, 0.2) is 6.61 Å². The summed E-state index contributed by atoms with van der Waals surface area (Å²) in [4.78, 5) is 12.2. The van der Waals surface area contributed by atoms with Crippen LogP contribution in [-0.2, 0) is 14.8 Å². The van der Waals surface area contributed by atoms with Gasteiger partial charge in [0.1, 0.15) is 5.75 Å². The second-order valence-corrected chi connectivity index (χ2v) is 8.97. The summed E-state index contributed by atoms with van der Waals surface area (Å²) < 4.78 is 30.8. The molecule has 1 N–H and O–H groups in total. The van der Waals surface area contributed by atoms with E-state index in [9.17, 15) is 13.2 Å². The molecule has 1 amide bonds. The minimum Gasteiger partial charge on any atom is -0.484 e. The van der Waals surface area contributed by atoms with E-state index in [2.05, 4.69) is 19.2 Å². The molecule has 27 heavy (non-hydrogen) atoms. The lowest BCUT2D eigenvalue weighted by Crippen LogP contribution is -2.22. The predicted octanol–water partition coefficient (Wildman–Crippen LogP) is 3.39. The number of carbonyl (C=O) groups is 1. The number of benzene rings is 2. The highest BCUT2D eigenvalue weighted by molar-refractivity contribution is 7.89. The van der Waals surface area contributed by atoms with Crippen molar-refractivity contribution < 1.29 is 17.9 Å². The van der Waals surface area contributed by atoms with Gasteiger partial charge in [0.25, 0.3) is 5.91 Å². The van der Waals surface area contributed by atoms with Crippen molar-refractivity contribution in [3.05, 3.63) is 53.6 Å². The summed E-state index contributed by atoms with van der Waals surface area (Å²) in [5, 5.41) is 2.69. The third-order valence-electron chi connectivity index (χ3n) is 4.15. The van der Waals surface area contributed by atoms with E-state index in [0.717, 1.165) is 9.87 Å². The van der Waals surface area contributed by atoms with Crippen molar-refractivity contribution in [3.8, 4) is 5.75 Å². The standard InChI is InChI=1S/C20H26N2O4S/c1-14(2)19-11-8-17(12-15(19)3)26-13-20(23)21-16-6-9-18(10-7-16)27(24,25)22(4)5/h6-12,14H,13H2,1-5H3,(H,21,23). The third kappa shape index (κ3) is 5.30. The van der Waals surface area contributed by atoms with Gasteiger partial charge in [-0.25, -0.2) is 12.7 Å². The maximum absolute atomic E-state index is 12.1. The number of hydrogen-bond donors (Lipinski definition) is 1. The third-order valence-corrected chi connectivity index (χ3v) is 5.98. The molecule has 0 aliphatic rings. The van der Waals surface area contributed by atoms with Gasteiger partial charge in [-0.2, -0.15) is 0 Å². The molecule has 0 saturated carbocycles. The van der Waals surface area contributed by atoms with Crippen LogP contribution >= 0.6 is 0 Å². The minimum absolute atomic E-state index is 0.127. The molecule has 0 unspecified atom stereocenters. The molecular weight excluding hydrogens is 364 g/mol. The number of hydrogen-bond acceptors (Lipinski definition) is 4. The van der Waals surface area contributed by atoms with Crippen molar-refractivity contribution in [2.45, 2.75) is 31.6 Å². The number of sulfonamides is 1. The van der Waals surface area contributed by atoms with E-state index < -0.39 is 10.0 Å². The van der Waals surface area contributed by atoms with Crippen LogP contribution in [0.2, 0.25) is 0 Å². The van der Waals surface area contributed by atoms with Crippen LogP contribution in [0.1, 0.15) is 30.9 Å². The Morgan fingerprint density at radius 1 is 1.11 bits per heavy atom. The normalized spacial score (nSPS) is 11.7. The monoisotopic (exact) mass is 390 g/mol. The average molecular weight is 391 g/mol. The van der Waals surface area contributed by atoms with Gasteiger partial charge in [0.05, 0.1) is 4.90 Å². The number of aryl methyl sites for hydroxylation is 1. The second-order valence-electron chi connectivity index (χ2n) is 6.82. The molecule has 0 heterocycles. The Morgan fingerprint density at radius 3 is 2.26 bits per heavy atom. The molecule has 0 spiro atoms. The van der Waals surface area contributed by atoms with Crippen molar-refractivity contribution in [2.75, 3.05) is 26.0 Å². The summed E-state index contributed by atoms with van der Waals surface area (Å²) in [6.07, 6.45) is 0. The first kappa shape index (κ1) is 20.9. The van der Waals surface area contributed by atoms with E-state index in [4.69, 9.17) is 4.74 Å². The van der Waals surface area contributed by atoms with Crippen LogP contribution in [0.5, 0.6) is 5.75 Å². The van der Waals surface area contributed by atoms with E-state index in [1.165, 1.54) is 31.8 Å². The fourth-order valence-electron chi connectivity index (χ4n) is 2.65. The Bertz CT molecular complexity index is 904. The van der Waals surface area contributed by atoms with Gasteiger partial charge < -0.3 is 10.1 Å². The van der Waals surface area contributed by atoms with Crippen molar-refractivity contribution >= 4 is 21.6 Å². The minimum atomic E-state index is -3.49. The van der Waals surface area contributed by atoms with Crippen molar-refractivity contribution in [2.24, 2.45) is 0 Å². The average Bonchev–Trinajstić information content (AvgIpc) is 2.60. The second kappa shape index (κ2) is 8.54. The van der Waals surface area contributed by atoms with Crippen LogP contribution in [0.25, 0.3) is 0 Å². The molecule has 146 valence electrons. The van der Waals surface area contributed by atoms with E-state index in [-0.39, 0.29) is 17.4 Å². The van der Waals surface area contributed by atoms with E-state index >= 15 is 0 Å². The van der Waals surface area contributed by atoms with Gasteiger partial charge in [-0.1, -0.05) is 19.9 Å². The Morgan fingerprint density at radius 2 is 1.74 bits per heavy atom. The first-order valence-corrected chi connectivity index (χ1v) is 10.1. The van der Waals surface area contributed by atoms with E-state index in [0.29, 0.717) is 17.4 Å². The van der Waals surface area contributed by atoms with Gasteiger partial charge >= 0.3 is 0 Å². The molecule has 0 radical (unpaired) electrons. The number of nitrogens with zero attached hydrogens (tertiary/aromatic N) is 1. The molecule has 2 rings (SSSR count). The van der Waals surface area contributed by atoms with Crippen LogP contribution < -0.4 is 10.1 Å². The largest absolute Gasteiger partial charge is 0.484 e. The summed E-state index contributed by atoms with van der Waals surface area (Å²) in [5.74, 6) is 0.755. The Hall–Kier alpha value is -2.38. The Balaban J connectivity index is 1.95. The first-order chi connectivity index (χ1) is 12.6. The number of ether oxygens (including phenoxy) is 1. The number of amides is 1. The SMILES string of the molecule is Cc1cc(OCC(=O)Nc2ccc(S(=O)(=O)N(C)C)cc2)ccc1C(C)C. The van der Waals surface area contributed by atoms with Gasteiger partial charge in [0, 0.05) is 19.8 Å². The maximum Gasteiger partial charge on any atom is 0.262 e.